The minimum Gasteiger partial charge on any atom is -0.481 e. The first kappa shape index (κ1) is 21.0. The van der Waals surface area contributed by atoms with Crippen LogP contribution in [0, 0.1) is 0 Å². The molecule has 0 unspecified atom stereocenters. The van der Waals surface area contributed by atoms with Crippen molar-refractivity contribution in [1.29, 1.82) is 0 Å². The number of carboxylic acid groups (broad SMARTS) is 1. The Kier molecular flexibility index (Phi) is 11.1. The maximum atomic E-state index is 10.6. The summed E-state index contributed by atoms with van der Waals surface area (Å²) in [4.78, 5) is 10.6. The fourth-order valence-electron chi connectivity index (χ4n) is 2.47. The van der Waals surface area contributed by atoms with E-state index < -0.39 is 12.1 Å². The minimum atomic E-state index is -1.00. The van der Waals surface area contributed by atoms with Crippen LogP contribution in [0.3, 0.4) is 0 Å². The summed E-state index contributed by atoms with van der Waals surface area (Å²) in [6.45, 7) is 1.84. The summed E-state index contributed by atoms with van der Waals surface area (Å²) in [5.41, 5.74) is 0.804. The van der Waals surface area contributed by atoms with Gasteiger partial charge in [0, 0.05) is 5.56 Å². The van der Waals surface area contributed by atoms with E-state index in [0.717, 1.165) is 18.4 Å². The van der Waals surface area contributed by atoms with Crippen LogP contribution in [0.5, 0.6) is 5.75 Å². The molecule has 0 aliphatic carbocycles. The number of allylic oxidation sites excluding steroid dienone is 2. The molecule has 0 aromatic heterocycles. The molecule has 2 N–H and O–H groups in total. The molecule has 4 nitrogen and oxygen atoms in total. The zero-order valence-corrected chi connectivity index (χ0v) is 15.1. The highest BCUT2D eigenvalue weighted by molar-refractivity contribution is 5.69. The van der Waals surface area contributed by atoms with Crippen LogP contribution in [0.15, 0.2) is 42.5 Å². The van der Waals surface area contributed by atoms with Crippen molar-refractivity contribution >= 4 is 12.0 Å². The van der Waals surface area contributed by atoms with Crippen molar-refractivity contribution in [2.45, 2.75) is 58.0 Å². The van der Waals surface area contributed by atoms with Crippen LogP contribution in [0.25, 0.3) is 6.08 Å². The third-order valence-electron chi connectivity index (χ3n) is 3.84. The quantitative estimate of drug-likeness (QED) is 0.396. The monoisotopic (exact) mass is 346 g/mol. The van der Waals surface area contributed by atoms with E-state index in [1.54, 1.807) is 18.2 Å². The Labute approximate surface area is 150 Å². The molecular formula is C21H30O4. The average molecular weight is 346 g/mol. The molecule has 0 aliphatic rings. The normalized spacial score (nSPS) is 12.7. The predicted molar refractivity (Wildman–Crippen MR) is 102 cm³/mol. The number of hydrogen-bond donors (Lipinski definition) is 2. The molecule has 25 heavy (non-hydrogen) atoms. The Bertz CT molecular complexity index is 549. The first-order valence-corrected chi connectivity index (χ1v) is 9.10. The number of aliphatic hydroxyl groups excluding tert-OH is 1. The van der Waals surface area contributed by atoms with Gasteiger partial charge in [-0.2, -0.15) is 0 Å². The van der Waals surface area contributed by atoms with Crippen molar-refractivity contribution in [3.05, 3.63) is 48.1 Å². The molecule has 0 bridgehead atoms. The minimum absolute atomic E-state index is 0.363. The van der Waals surface area contributed by atoms with E-state index in [1.165, 1.54) is 32.1 Å². The summed E-state index contributed by atoms with van der Waals surface area (Å²) in [6, 6.07) is 7.26. The summed E-state index contributed by atoms with van der Waals surface area (Å²) in [7, 11) is 0. The molecule has 0 radical (unpaired) electrons. The summed E-state index contributed by atoms with van der Waals surface area (Å²) < 4.78 is 5.25. The maximum absolute atomic E-state index is 10.6. The van der Waals surface area contributed by atoms with E-state index in [1.807, 2.05) is 30.4 Å². The van der Waals surface area contributed by atoms with E-state index >= 15 is 0 Å². The molecule has 4 heteroatoms. The van der Waals surface area contributed by atoms with Gasteiger partial charge in [0.2, 0.25) is 0 Å². The fourth-order valence-corrected chi connectivity index (χ4v) is 2.47. The number of benzene rings is 1. The molecule has 1 rings (SSSR count). The lowest BCUT2D eigenvalue weighted by Gasteiger charge is -2.06. The number of carbonyl (C=O) groups is 1. The number of hydrogen-bond acceptors (Lipinski definition) is 3. The molecule has 0 saturated heterocycles. The number of para-hydroxylation sites is 1. The first-order chi connectivity index (χ1) is 12.1. The van der Waals surface area contributed by atoms with Gasteiger partial charge in [0.25, 0.3) is 0 Å². The van der Waals surface area contributed by atoms with Crippen molar-refractivity contribution in [3.63, 3.8) is 0 Å². The van der Waals surface area contributed by atoms with Gasteiger partial charge in [-0.05, 0) is 12.5 Å². The predicted octanol–water partition coefficient (Wildman–Crippen LogP) is 4.83. The van der Waals surface area contributed by atoms with Gasteiger partial charge in [-0.1, -0.05) is 88.0 Å². The molecule has 0 saturated carbocycles. The number of aliphatic carboxylic acids is 1. The summed E-state index contributed by atoms with van der Waals surface area (Å²) in [5.74, 6) is -0.473. The smallest absolute Gasteiger partial charge is 0.341 e. The van der Waals surface area contributed by atoms with Crippen molar-refractivity contribution in [1.82, 2.24) is 0 Å². The van der Waals surface area contributed by atoms with Gasteiger partial charge in [-0.15, -0.1) is 0 Å². The molecule has 0 amide bonds. The topological polar surface area (TPSA) is 66.8 Å². The van der Waals surface area contributed by atoms with Gasteiger partial charge in [0.15, 0.2) is 6.61 Å². The van der Waals surface area contributed by atoms with E-state index in [9.17, 15) is 9.90 Å². The lowest BCUT2D eigenvalue weighted by Crippen LogP contribution is -2.09. The van der Waals surface area contributed by atoms with Gasteiger partial charge in [-0.25, -0.2) is 4.79 Å². The fraction of sp³-hybridized carbons (Fsp3) is 0.476. The van der Waals surface area contributed by atoms with Gasteiger partial charge < -0.3 is 14.9 Å². The second-order valence-corrected chi connectivity index (χ2v) is 6.09. The number of rotatable bonds is 13. The van der Waals surface area contributed by atoms with Crippen LogP contribution in [0.2, 0.25) is 0 Å². The molecule has 138 valence electrons. The van der Waals surface area contributed by atoms with Crippen LogP contribution in [-0.2, 0) is 4.79 Å². The van der Waals surface area contributed by atoms with Gasteiger partial charge in [0.1, 0.15) is 5.75 Å². The van der Waals surface area contributed by atoms with Gasteiger partial charge >= 0.3 is 5.97 Å². The second kappa shape index (κ2) is 13.2. The van der Waals surface area contributed by atoms with Crippen LogP contribution in [0.1, 0.15) is 57.4 Å². The maximum Gasteiger partial charge on any atom is 0.341 e. The second-order valence-electron chi connectivity index (χ2n) is 6.09. The Morgan fingerprint density at radius 2 is 1.84 bits per heavy atom. The molecule has 0 fully saturated rings. The van der Waals surface area contributed by atoms with E-state index in [-0.39, 0.29) is 6.61 Å². The highest BCUT2D eigenvalue weighted by Crippen LogP contribution is 2.19. The van der Waals surface area contributed by atoms with Crippen molar-refractivity contribution < 1.29 is 19.7 Å². The Balaban J connectivity index is 2.36. The van der Waals surface area contributed by atoms with E-state index in [4.69, 9.17) is 9.84 Å². The third kappa shape index (κ3) is 10.4. The molecule has 1 atom stereocenters. The van der Waals surface area contributed by atoms with Gasteiger partial charge in [-0.3, -0.25) is 0 Å². The van der Waals surface area contributed by atoms with Crippen LogP contribution >= 0.6 is 0 Å². The Hall–Kier alpha value is -2.07. The standard InChI is InChI=1S/C21H30O4/c1-2-3-4-5-6-7-14-19(22)15-10-8-12-18-13-9-11-16-20(18)25-17-21(23)24/h8-13,15-16,19,22H,2-7,14,17H2,1H3,(H,23,24)/b12-8+,15-10+/t19-/m0/s1. The number of aliphatic hydroxyl groups is 1. The largest absolute Gasteiger partial charge is 0.481 e. The van der Waals surface area contributed by atoms with Crippen LogP contribution < -0.4 is 4.74 Å². The molecule has 1 aromatic carbocycles. The Morgan fingerprint density at radius 1 is 1.12 bits per heavy atom. The third-order valence-corrected chi connectivity index (χ3v) is 3.84. The summed E-state index contributed by atoms with van der Waals surface area (Å²) in [6.07, 6.45) is 14.9. The molecule has 0 aliphatic heterocycles. The molecule has 0 heterocycles. The summed E-state index contributed by atoms with van der Waals surface area (Å²) in [5, 5.41) is 18.6. The number of carboxylic acids is 1. The van der Waals surface area contributed by atoms with Crippen molar-refractivity contribution in [2.75, 3.05) is 6.61 Å². The highest BCUT2D eigenvalue weighted by atomic mass is 16.5. The zero-order valence-electron chi connectivity index (χ0n) is 15.1. The van der Waals surface area contributed by atoms with Crippen LogP contribution in [-0.4, -0.2) is 28.9 Å². The zero-order chi connectivity index (χ0) is 18.3. The molecule has 0 spiro atoms. The number of ether oxygens (including phenoxy) is 1. The lowest BCUT2D eigenvalue weighted by atomic mass is 10.1. The lowest BCUT2D eigenvalue weighted by molar-refractivity contribution is -0.139. The molecule has 1 aromatic rings. The van der Waals surface area contributed by atoms with Crippen molar-refractivity contribution in [3.8, 4) is 5.75 Å². The highest BCUT2D eigenvalue weighted by Gasteiger charge is 2.02. The Morgan fingerprint density at radius 3 is 2.60 bits per heavy atom. The van der Waals surface area contributed by atoms with Crippen molar-refractivity contribution in [2.24, 2.45) is 0 Å². The van der Waals surface area contributed by atoms with E-state index in [0.29, 0.717) is 5.75 Å². The van der Waals surface area contributed by atoms with Gasteiger partial charge in [0.05, 0.1) is 6.10 Å². The molecular weight excluding hydrogens is 316 g/mol. The number of unbranched alkanes of at least 4 members (excludes halogenated alkanes) is 5. The average Bonchev–Trinajstić information content (AvgIpc) is 2.60. The first-order valence-electron chi connectivity index (χ1n) is 9.10. The van der Waals surface area contributed by atoms with E-state index in [2.05, 4.69) is 6.92 Å². The SMILES string of the molecule is CCCCCCCC[C@H](O)/C=C/C=C/c1ccccc1OCC(=O)O. The summed E-state index contributed by atoms with van der Waals surface area (Å²) >= 11 is 0. The van der Waals surface area contributed by atoms with Crippen LogP contribution in [0.4, 0.5) is 0 Å².